The summed E-state index contributed by atoms with van der Waals surface area (Å²) in [5.41, 5.74) is 15.9. The van der Waals surface area contributed by atoms with E-state index in [1.165, 1.54) is 54.9 Å². The summed E-state index contributed by atoms with van der Waals surface area (Å²) in [4.78, 5) is 5.00. The van der Waals surface area contributed by atoms with Crippen LogP contribution in [0.25, 0.3) is 87.6 Å². The van der Waals surface area contributed by atoms with E-state index < -0.39 is 0 Å². The molecule has 0 unspecified atom stereocenters. The maximum absolute atomic E-state index is 2.50. The molecule has 0 fully saturated rings. The molecule has 0 radical (unpaired) electrons. The molecule has 0 saturated carbocycles. The molecule has 13 rings (SSSR count). The van der Waals surface area contributed by atoms with Crippen molar-refractivity contribution >= 4 is 77.2 Å². The molecule has 0 aromatic heterocycles. The van der Waals surface area contributed by atoms with Crippen LogP contribution in [-0.2, 0) is 0 Å². The van der Waals surface area contributed by atoms with Crippen LogP contribution in [0.4, 0.5) is 34.1 Å². The van der Waals surface area contributed by atoms with Crippen molar-refractivity contribution in [1.82, 2.24) is 0 Å². The lowest BCUT2D eigenvalue weighted by Gasteiger charge is -2.33. The van der Waals surface area contributed by atoms with Gasteiger partial charge in [0.15, 0.2) is 0 Å². The first-order valence-electron chi connectivity index (χ1n) is 24.7. The minimum Gasteiger partial charge on any atom is -0.309 e. The zero-order valence-electron chi connectivity index (χ0n) is 39.6. The highest BCUT2D eigenvalue weighted by molar-refractivity contribution is 6.24. The van der Waals surface area contributed by atoms with Crippen LogP contribution in [0.15, 0.2) is 291 Å². The minimum absolute atomic E-state index is 1.07. The topological polar surface area (TPSA) is 6.48 Å². The first-order chi connectivity index (χ1) is 35.7. The Kier molecular flexibility index (Phi) is 10.9. The van der Waals surface area contributed by atoms with Gasteiger partial charge in [-0.05, 0) is 127 Å². The number of nitrogens with zero attached hydrogens (tertiary/aromatic N) is 2. The van der Waals surface area contributed by atoms with Crippen LogP contribution in [-0.4, -0.2) is 0 Å². The molecule has 338 valence electrons. The predicted octanol–water partition coefficient (Wildman–Crippen LogP) is 19.9. The molecule has 13 aromatic rings. The van der Waals surface area contributed by atoms with Crippen LogP contribution >= 0.6 is 0 Å². The molecule has 0 aliphatic heterocycles. The van der Waals surface area contributed by atoms with Crippen molar-refractivity contribution in [1.29, 1.82) is 0 Å². The third-order valence-corrected chi connectivity index (χ3v) is 14.2. The van der Waals surface area contributed by atoms with Gasteiger partial charge in [-0.3, -0.25) is 0 Å². The fourth-order valence-corrected chi connectivity index (χ4v) is 10.6. The minimum atomic E-state index is 1.07. The van der Waals surface area contributed by atoms with Crippen molar-refractivity contribution in [2.75, 3.05) is 9.80 Å². The monoisotopic (exact) mass is 916 g/mol. The first kappa shape index (κ1) is 42.6. The van der Waals surface area contributed by atoms with Crippen molar-refractivity contribution in [2.45, 2.75) is 0 Å². The van der Waals surface area contributed by atoms with Gasteiger partial charge >= 0.3 is 0 Å². The third-order valence-electron chi connectivity index (χ3n) is 14.2. The fraction of sp³-hybridized carbons (Fsp3) is 0. The summed E-state index contributed by atoms with van der Waals surface area (Å²) in [6.07, 6.45) is 0. The van der Waals surface area contributed by atoms with Gasteiger partial charge in [-0.25, -0.2) is 0 Å². The molecule has 0 N–H and O–H groups in total. The molecule has 0 saturated heterocycles. The number of rotatable bonds is 10. The van der Waals surface area contributed by atoms with E-state index in [9.17, 15) is 0 Å². The molecule has 13 aromatic carbocycles. The fourth-order valence-electron chi connectivity index (χ4n) is 10.6. The van der Waals surface area contributed by atoms with E-state index in [-0.39, 0.29) is 0 Å². The Labute approximate surface area is 420 Å². The van der Waals surface area contributed by atoms with Crippen LogP contribution in [0.3, 0.4) is 0 Å². The Hall–Kier alpha value is -9.50. The summed E-state index contributed by atoms with van der Waals surface area (Å²) >= 11 is 0. The Morgan fingerprint density at radius 3 is 0.806 bits per heavy atom. The van der Waals surface area contributed by atoms with Gasteiger partial charge in [0, 0.05) is 44.3 Å². The van der Waals surface area contributed by atoms with E-state index >= 15 is 0 Å². The van der Waals surface area contributed by atoms with Crippen LogP contribution in [0, 0.1) is 0 Å². The van der Waals surface area contributed by atoms with E-state index in [0.29, 0.717) is 0 Å². The quantitative estimate of drug-likeness (QED) is 0.0996. The van der Waals surface area contributed by atoms with Crippen molar-refractivity contribution in [3.05, 3.63) is 291 Å². The van der Waals surface area contributed by atoms with Crippen LogP contribution in [0.1, 0.15) is 0 Å². The zero-order chi connectivity index (χ0) is 47.8. The zero-order valence-corrected chi connectivity index (χ0v) is 39.6. The Morgan fingerprint density at radius 1 is 0.167 bits per heavy atom. The molecule has 0 atom stereocenters. The molecule has 0 aliphatic carbocycles. The highest BCUT2D eigenvalue weighted by Gasteiger charge is 2.27. The van der Waals surface area contributed by atoms with Gasteiger partial charge in [-0.2, -0.15) is 0 Å². The molecule has 0 spiro atoms. The summed E-state index contributed by atoms with van der Waals surface area (Å²) < 4.78 is 0. The number of hydrogen-bond acceptors (Lipinski definition) is 2. The van der Waals surface area contributed by atoms with Gasteiger partial charge in [-0.1, -0.05) is 231 Å². The van der Waals surface area contributed by atoms with E-state index in [2.05, 4.69) is 301 Å². The van der Waals surface area contributed by atoms with Crippen molar-refractivity contribution < 1.29 is 0 Å². The predicted molar refractivity (Wildman–Crippen MR) is 308 cm³/mol. The standard InChI is InChI=1S/C70H48N2/c1-5-17-49(18-6-1)55-29-37-61(38-30-55)71(63-41-33-53-25-13-15-27-57(53)45-63)69-65-43-35-60(52-23-11-4-12-24-52)48-68(65)70(66-44-36-59(47-67(66)69)51-21-9-3-10-22-51)72(64-42-34-54-26-14-16-28-58(54)46-64)62-39-31-56(32-40-62)50-19-7-2-8-20-50/h1-48H. The van der Waals surface area contributed by atoms with Crippen LogP contribution < -0.4 is 9.80 Å². The summed E-state index contributed by atoms with van der Waals surface area (Å²) in [5.74, 6) is 0. The average Bonchev–Trinajstić information content (AvgIpc) is 3.46. The van der Waals surface area contributed by atoms with Gasteiger partial charge in [0.05, 0.1) is 11.4 Å². The van der Waals surface area contributed by atoms with Gasteiger partial charge in [0.2, 0.25) is 0 Å². The summed E-state index contributed by atoms with van der Waals surface area (Å²) in [5, 5.41) is 9.32. The lowest BCUT2D eigenvalue weighted by molar-refractivity contribution is 1.30. The average molecular weight is 917 g/mol. The molecule has 0 bridgehead atoms. The SMILES string of the molecule is c1ccc(-c2ccc(N(c3ccc4ccccc4c3)c3c4ccc(-c5ccccc5)cc4c(N(c4ccc(-c5ccccc5)cc4)c4ccc5ccccc5c4)c4ccc(-c5ccccc5)cc34)cc2)cc1. The second kappa shape index (κ2) is 18.4. The molecule has 0 aliphatic rings. The lowest BCUT2D eigenvalue weighted by atomic mass is 9.90. The van der Waals surface area contributed by atoms with Crippen molar-refractivity contribution in [3.63, 3.8) is 0 Å². The summed E-state index contributed by atoms with van der Waals surface area (Å²) in [6, 6.07) is 106. The van der Waals surface area contributed by atoms with Gasteiger partial charge in [-0.15, -0.1) is 0 Å². The van der Waals surface area contributed by atoms with E-state index in [4.69, 9.17) is 0 Å². The van der Waals surface area contributed by atoms with Gasteiger partial charge in [0.25, 0.3) is 0 Å². The van der Waals surface area contributed by atoms with Crippen LogP contribution in [0.2, 0.25) is 0 Å². The number of benzene rings is 13. The smallest absolute Gasteiger partial charge is 0.0620 e. The second-order valence-corrected chi connectivity index (χ2v) is 18.5. The number of hydrogen-bond donors (Lipinski definition) is 0. The molecular formula is C70H48N2. The first-order valence-corrected chi connectivity index (χ1v) is 24.7. The summed E-state index contributed by atoms with van der Waals surface area (Å²) in [7, 11) is 0. The highest BCUT2D eigenvalue weighted by atomic mass is 15.2. The Morgan fingerprint density at radius 2 is 0.444 bits per heavy atom. The summed E-state index contributed by atoms with van der Waals surface area (Å²) in [6.45, 7) is 0. The highest BCUT2D eigenvalue weighted by Crippen LogP contribution is 2.53. The number of fused-ring (bicyclic) bond motifs is 4. The second-order valence-electron chi connectivity index (χ2n) is 18.5. The molecule has 72 heavy (non-hydrogen) atoms. The van der Waals surface area contributed by atoms with E-state index in [0.717, 1.165) is 66.8 Å². The van der Waals surface area contributed by atoms with E-state index in [1.54, 1.807) is 0 Å². The largest absolute Gasteiger partial charge is 0.309 e. The van der Waals surface area contributed by atoms with Gasteiger partial charge < -0.3 is 9.80 Å². The normalized spacial score (nSPS) is 11.3. The molecule has 2 heteroatoms. The molecule has 2 nitrogen and oxygen atoms in total. The lowest BCUT2D eigenvalue weighted by Crippen LogP contribution is -2.15. The third kappa shape index (κ3) is 7.92. The Bertz CT molecular complexity index is 3790. The van der Waals surface area contributed by atoms with Crippen LogP contribution in [0.5, 0.6) is 0 Å². The number of anilines is 6. The van der Waals surface area contributed by atoms with Gasteiger partial charge in [0.1, 0.15) is 0 Å². The molecular weight excluding hydrogens is 869 g/mol. The van der Waals surface area contributed by atoms with E-state index in [1.807, 2.05) is 0 Å². The Balaban J connectivity index is 1.16. The van der Waals surface area contributed by atoms with Crippen molar-refractivity contribution in [2.24, 2.45) is 0 Å². The maximum Gasteiger partial charge on any atom is 0.0620 e. The molecule has 0 heterocycles. The van der Waals surface area contributed by atoms with Crippen molar-refractivity contribution in [3.8, 4) is 44.5 Å². The molecule has 0 amide bonds. The maximum atomic E-state index is 2.50.